The number of hydrogen-bond acceptors (Lipinski definition) is 3. The Hall–Kier alpha value is -3.15. The molecule has 0 radical (unpaired) electrons. The van der Waals surface area contributed by atoms with Gasteiger partial charge in [-0.25, -0.2) is 4.79 Å². The highest BCUT2D eigenvalue weighted by Gasteiger charge is 2.15. The predicted octanol–water partition coefficient (Wildman–Crippen LogP) is 3.92. The number of anilines is 2. The van der Waals surface area contributed by atoms with E-state index in [1.807, 2.05) is 32.9 Å². The minimum Gasteiger partial charge on any atom is -0.324 e. The number of Topliss-reactive ketones (excluding diaryl/α,β-unsaturated/α-hetero) is 1. The number of hydrogen-bond donors (Lipinski definition) is 2. The molecule has 0 aromatic heterocycles. The molecule has 2 rings (SSSR count). The van der Waals surface area contributed by atoms with E-state index in [1.54, 1.807) is 31.3 Å². The lowest BCUT2D eigenvalue weighted by molar-refractivity contribution is -0.116. The molecule has 2 N–H and O–H groups in total. The lowest BCUT2D eigenvalue weighted by Crippen LogP contribution is -2.37. The van der Waals surface area contributed by atoms with E-state index in [9.17, 15) is 14.4 Å². The fraction of sp³-hybridized carbons (Fsp3) is 0.286. The molecule has 0 aliphatic heterocycles. The molecule has 3 amide bonds. The first kappa shape index (κ1) is 20.2. The average Bonchev–Trinajstić information content (AvgIpc) is 2.58. The third-order valence-electron chi connectivity index (χ3n) is 4.21. The fourth-order valence-corrected chi connectivity index (χ4v) is 2.85. The van der Waals surface area contributed by atoms with Crippen LogP contribution in [0.1, 0.15) is 34.0 Å². The second-order valence-electron chi connectivity index (χ2n) is 6.74. The summed E-state index contributed by atoms with van der Waals surface area (Å²) in [6, 6.07) is 10.2. The lowest BCUT2D eigenvalue weighted by Gasteiger charge is -2.19. The molecule has 6 heteroatoms. The van der Waals surface area contributed by atoms with Crippen LogP contribution >= 0.6 is 0 Å². The van der Waals surface area contributed by atoms with Crippen molar-refractivity contribution in [3.05, 3.63) is 58.7 Å². The van der Waals surface area contributed by atoms with Gasteiger partial charge in [0.25, 0.3) is 0 Å². The van der Waals surface area contributed by atoms with E-state index in [0.29, 0.717) is 11.3 Å². The molecule has 0 aliphatic rings. The molecular weight excluding hydrogens is 342 g/mol. The second-order valence-corrected chi connectivity index (χ2v) is 6.74. The van der Waals surface area contributed by atoms with Gasteiger partial charge in [0, 0.05) is 24.0 Å². The molecule has 0 fully saturated rings. The zero-order valence-electron chi connectivity index (χ0n) is 16.3. The molecule has 0 bridgehead atoms. The van der Waals surface area contributed by atoms with Gasteiger partial charge < -0.3 is 15.5 Å². The summed E-state index contributed by atoms with van der Waals surface area (Å²) in [5.41, 5.74) is 5.01. The number of nitrogens with zero attached hydrogens (tertiary/aromatic N) is 1. The highest BCUT2D eigenvalue weighted by molar-refractivity contribution is 5.98. The van der Waals surface area contributed by atoms with Crippen LogP contribution in [-0.4, -0.2) is 36.2 Å². The number of nitrogens with one attached hydrogen (secondary N) is 2. The SMILES string of the molecule is CC(=O)c1ccc(NC(=O)N(C)CC(=O)Nc2c(C)cc(C)cc2C)cc1. The van der Waals surface area contributed by atoms with E-state index in [4.69, 9.17) is 0 Å². The van der Waals surface area contributed by atoms with Crippen LogP contribution in [0.5, 0.6) is 0 Å². The van der Waals surface area contributed by atoms with E-state index < -0.39 is 6.03 Å². The summed E-state index contributed by atoms with van der Waals surface area (Å²) in [6.45, 7) is 7.29. The van der Waals surface area contributed by atoms with Gasteiger partial charge >= 0.3 is 6.03 Å². The van der Waals surface area contributed by atoms with Crippen molar-refractivity contribution in [1.29, 1.82) is 0 Å². The number of ketones is 1. The van der Waals surface area contributed by atoms with Gasteiger partial charge in [-0.2, -0.15) is 0 Å². The average molecular weight is 367 g/mol. The molecule has 0 saturated heterocycles. The van der Waals surface area contributed by atoms with Crippen molar-refractivity contribution in [2.45, 2.75) is 27.7 Å². The zero-order chi connectivity index (χ0) is 20.1. The predicted molar refractivity (Wildman–Crippen MR) is 107 cm³/mol. The molecule has 142 valence electrons. The summed E-state index contributed by atoms with van der Waals surface area (Å²) in [5, 5.41) is 5.58. The van der Waals surface area contributed by atoms with Crippen LogP contribution in [-0.2, 0) is 4.79 Å². The maximum atomic E-state index is 12.3. The number of likely N-dealkylation sites (N-methyl/N-ethyl adjacent to an activating group) is 1. The topological polar surface area (TPSA) is 78.5 Å². The highest BCUT2D eigenvalue weighted by atomic mass is 16.2. The summed E-state index contributed by atoms with van der Waals surface area (Å²) in [5.74, 6) is -0.307. The molecule has 0 atom stereocenters. The van der Waals surface area contributed by atoms with Gasteiger partial charge in [-0.05, 0) is 63.1 Å². The first-order valence-corrected chi connectivity index (χ1v) is 8.68. The molecule has 2 aromatic carbocycles. The smallest absolute Gasteiger partial charge is 0.322 e. The van der Waals surface area contributed by atoms with Crippen LogP contribution in [0.2, 0.25) is 0 Å². The number of urea groups is 1. The molecule has 6 nitrogen and oxygen atoms in total. The molecule has 0 spiro atoms. The Morgan fingerprint density at radius 1 is 0.926 bits per heavy atom. The largest absolute Gasteiger partial charge is 0.324 e. The maximum Gasteiger partial charge on any atom is 0.322 e. The summed E-state index contributed by atoms with van der Waals surface area (Å²) in [6.07, 6.45) is 0. The van der Waals surface area contributed by atoms with E-state index >= 15 is 0 Å². The van der Waals surface area contributed by atoms with Crippen LogP contribution in [0.15, 0.2) is 36.4 Å². The number of carbonyl (C=O) groups excluding carboxylic acids is 3. The summed E-state index contributed by atoms with van der Waals surface area (Å²) < 4.78 is 0. The Bertz CT molecular complexity index is 850. The van der Waals surface area contributed by atoms with E-state index in [-0.39, 0.29) is 18.2 Å². The Morgan fingerprint density at radius 3 is 2.00 bits per heavy atom. The number of carbonyl (C=O) groups is 3. The van der Waals surface area contributed by atoms with Crippen LogP contribution in [0.3, 0.4) is 0 Å². The highest BCUT2D eigenvalue weighted by Crippen LogP contribution is 2.21. The number of aryl methyl sites for hydroxylation is 3. The lowest BCUT2D eigenvalue weighted by atomic mass is 10.1. The van der Waals surface area contributed by atoms with Crippen molar-refractivity contribution < 1.29 is 14.4 Å². The normalized spacial score (nSPS) is 10.3. The zero-order valence-corrected chi connectivity index (χ0v) is 16.3. The minimum atomic E-state index is -0.405. The Balaban J connectivity index is 1.95. The van der Waals surface area contributed by atoms with Crippen molar-refractivity contribution in [2.24, 2.45) is 0 Å². The monoisotopic (exact) mass is 367 g/mol. The standard InChI is InChI=1S/C21H25N3O3/c1-13-10-14(2)20(15(3)11-13)23-19(26)12-24(5)21(27)22-18-8-6-17(7-9-18)16(4)25/h6-11H,12H2,1-5H3,(H,22,27)(H,23,26). The van der Waals surface area contributed by atoms with Crippen LogP contribution in [0, 0.1) is 20.8 Å². The Labute approximate surface area is 159 Å². The van der Waals surface area contributed by atoms with Gasteiger partial charge in [0.15, 0.2) is 5.78 Å². The van der Waals surface area contributed by atoms with Gasteiger partial charge in [0.2, 0.25) is 5.91 Å². The Morgan fingerprint density at radius 2 is 1.48 bits per heavy atom. The molecule has 0 aliphatic carbocycles. The number of amides is 3. The van der Waals surface area contributed by atoms with E-state index in [2.05, 4.69) is 10.6 Å². The number of rotatable bonds is 5. The van der Waals surface area contributed by atoms with Crippen molar-refractivity contribution in [2.75, 3.05) is 24.2 Å². The number of benzene rings is 2. The first-order valence-electron chi connectivity index (χ1n) is 8.68. The van der Waals surface area contributed by atoms with Gasteiger partial charge in [0.1, 0.15) is 6.54 Å². The first-order chi connectivity index (χ1) is 12.7. The molecule has 0 heterocycles. The third kappa shape index (κ3) is 5.41. The molecular formula is C21H25N3O3. The summed E-state index contributed by atoms with van der Waals surface area (Å²) in [7, 11) is 1.55. The van der Waals surface area contributed by atoms with Crippen molar-refractivity contribution in [1.82, 2.24) is 4.90 Å². The summed E-state index contributed by atoms with van der Waals surface area (Å²) in [4.78, 5) is 37.2. The maximum absolute atomic E-state index is 12.3. The fourth-order valence-electron chi connectivity index (χ4n) is 2.85. The van der Waals surface area contributed by atoms with Crippen molar-refractivity contribution in [3.8, 4) is 0 Å². The van der Waals surface area contributed by atoms with Crippen molar-refractivity contribution >= 4 is 29.1 Å². The second kappa shape index (κ2) is 8.49. The van der Waals surface area contributed by atoms with Crippen LogP contribution in [0.25, 0.3) is 0 Å². The van der Waals surface area contributed by atoms with Gasteiger partial charge in [-0.15, -0.1) is 0 Å². The third-order valence-corrected chi connectivity index (χ3v) is 4.21. The molecule has 27 heavy (non-hydrogen) atoms. The summed E-state index contributed by atoms with van der Waals surface area (Å²) >= 11 is 0. The van der Waals surface area contributed by atoms with Crippen LogP contribution < -0.4 is 10.6 Å². The molecule has 0 unspecified atom stereocenters. The van der Waals surface area contributed by atoms with Gasteiger partial charge in [-0.3, -0.25) is 9.59 Å². The van der Waals surface area contributed by atoms with Crippen LogP contribution in [0.4, 0.5) is 16.2 Å². The van der Waals surface area contributed by atoms with Gasteiger partial charge in [0.05, 0.1) is 0 Å². The van der Waals surface area contributed by atoms with Gasteiger partial charge in [-0.1, -0.05) is 17.7 Å². The molecule has 0 saturated carbocycles. The van der Waals surface area contributed by atoms with E-state index in [0.717, 1.165) is 22.4 Å². The van der Waals surface area contributed by atoms with E-state index in [1.165, 1.54) is 11.8 Å². The minimum absolute atomic E-state index is 0.0386. The molecule has 2 aromatic rings. The quantitative estimate of drug-likeness (QED) is 0.786. The van der Waals surface area contributed by atoms with Crippen molar-refractivity contribution in [3.63, 3.8) is 0 Å². The Kier molecular flexibility index (Phi) is 6.34.